The minimum atomic E-state index is 0.507. The maximum absolute atomic E-state index is 7.10. The predicted octanol–water partition coefficient (Wildman–Crippen LogP) is 15.9. The molecule has 12 rings (SSSR count). The molecule has 0 atom stereocenters. The van der Waals surface area contributed by atoms with Crippen LogP contribution in [0, 0.1) is 0 Å². The van der Waals surface area contributed by atoms with Crippen molar-refractivity contribution in [3.8, 4) is 22.6 Å². The molecule has 3 heterocycles. The molecule has 0 saturated heterocycles. The molecule has 0 N–H and O–H groups in total. The average molecular weight is 786 g/mol. The zero-order chi connectivity index (χ0) is 40.3. The first-order chi connectivity index (χ1) is 30.2. The third-order valence-corrected chi connectivity index (χ3v) is 11.5. The molecular weight excluding hydrogens is 751 g/mol. The number of anilines is 6. The molecule has 0 saturated carbocycles. The summed E-state index contributed by atoms with van der Waals surface area (Å²) in [7, 11) is 0. The van der Waals surface area contributed by atoms with Gasteiger partial charge in [0.15, 0.2) is 5.58 Å². The number of oxazole rings is 1. The summed E-state index contributed by atoms with van der Waals surface area (Å²) < 4.78 is 19.7. The molecule has 6 nitrogen and oxygen atoms in total. The first-order valence-corrected chi connectivity index (χ1v) is 20.4. The van der Waals surface area contributed by atoms with E-state index in [9.17, 15) is 0 Å². The molecule has 61 heavy (non-hydrogen) atoms. The van der Waals surface area contributed by atoms with Gasteiger partial charge >= 0.3 is 0 Å². The van der Waals surface area contributed by atoms with Gasteiger partial charge in [0, 0.05) is 49.7 Å². The van der Waals surface area contributed by atoms with Crippen LogP contribution in [0.25, 0.3) is 77.6 Å². The number of hydrogen-bond donors (Lipinski definition) is 0. The molecule has 0 amide bonds. The molecule has 9 aromatic carbocycles. The summed E-state index contributed by atoms with van der Waals surface area (Å²) >= 11 is 0. The Morgan fingerprint density at radius 3 is 1.72 bits per heavy atom. The Bertz CT molecular complexity index is 3550. The van der Waals surface area contributed by atoms with Crippen LogP contribution in [0.5, 0.6) is 0 Å². The smallest absolute Gasteiger partial charge is 0.228 e. The minimum Gasteiger partial charge on any atom is -0.456 e. The highest BCUT2D eigenvalue weighted by Gasteiger charge is 2.27. The van der Waals surface area contributed by atoms with Gasteiger partial charge in [0.05, 0.1) is 17.1 Å². The first kappa shape index (κ1) is 34.7. The lowest BCUT2D eigenvalue weighted by Gasteiger charge is -2.30. The van der Waals surface area contributed by atoms with Crippen LogP contribution in [0.4, 0.5) is 34.1 Å². The van der Waals surface area contributed by atoms with Gasteiger partial charge in [0.25, 0.3) is 0 Å². The topological polar surface area (TPSA) is 58.8 Å². The largest absolute Gasteiger partial charge is 0.456 e. The fourth-order valence-electron chi connectivity index (χ4n) is 8.76. The number of fused-ring (bicyclic) bond motifs is 7. The van der Waals surface area contributed by atoms with Crippen LogP contribution >= 0.6 is 0 Å². The lowest BCUT2D eigenvalue weighted by molar-refractivity contribution is 0.620. The first-order valence-electron chi connectivity index (χ1n) is 20.4. The Morgan fingerprint density at radius 2 is 0.934 bits per heavy atom. The number of nitrogens with zero attached hydrogens (tertiary/aromatic N) is 3. The number of para-hydroxylation sites is 5. The second-order valence-electron chi connectivity index (χ2n) is 15.1. The van der Waals surface area contributed by atoms with E-state index in [4.69, 9.17) is 18.2 Å². The van der Waals surface area contributed by atoms with Gasteiger partial charge in [-0.1, -0.05) is 127 Å². The Kier molecular flexibility index (Phi) is 8.06. The number of benzene rings is 9. The van der Waals surface area contributed by atoms with Gasteiger partial charge in [-0.05, 0) is 90.5 Å². The highest BCUT2D eigenvalue weighted by molar-refractivity contribution is 6.12. The van der Waals surface area contributed by atoms with Crippen molar-refractivity contribution in [1.29, 1.82) is 0 Å². The maximum atomic E-state index is 7.10. The molecule has 3 aromatic heterocycles. The van der Waals surface area contributed by atoms with Crippen LogP contribution in [-0.4, -0.2) is 4.98 Å². The number of rotatable bonds is 8. The van der Waals surface area contributed by atoms with E-state index in [1.807, 2.05) is 54.6 Å². The Morgan fingerprint density at radius 1 is 0.344 bits per heavy atom. The summed E-state index contributed by atoms with van der Waals surface area (Å²) in [6, 6.07) is 73.2. The zero-order valence-electron chi connectivity index (χ0n) is 32.8. The van der Waals surface area contributed by atoms with Crippen molar-refractivity contribution in [2.75, 3.05) is 9.80 Å². The van der Waals surface area contributed by atoms with Gasteiger partial charge in [-0.15, -0.1) is 0 Å². The van der Waals surface area contributed by atoms with Crippen molar-refractivity contribution in [3.63, 3.8) is 0 Å². The molecule has 0 bridgehead atoms. The van der Waals surface area contributed by atoms with Crippen LogP contribution in [0.1, 0.15) is 0 Å². The molecule has 0 aliphatic carbocycles. The molecule has 0 radical (unpaired) electrons. The van der Waals surface area contributed by atoms with E-state index in [-0.39, 0.29) is 0 Å². The SMILES string of the molecule is c1ccc(-c2ccccc2N(c2ccccc2)c2cc(N(c3ccccc3)c3ccc4oc5ccccc5c4c3)cc3nc(-c4cccc5oc6ccccc6c45)oc23)cc1. The van der Waals surface area contributed by atoms with Crippen LogP contribution in [0.3, 0.4) is 0 Å². The van der Waals surface area contributed by atoms with Crippen molar-refractivity contribution < 1.29 is 13.3 Å². The standard InChI is InChI=1S/C55H35N3O3/c1-4-17-36(18-5-1)41-23-10-13-27-47(41)58(38-21-8-3-9-22-38)48-35-40(34-46-54(48)61-55(56-46)44-26-16-30-52-53(44)43-25-12-15-29-50(43)60-52)57(37-19-6-2-7-20-37)39-31-32-51-45(33-39)42-24-11-14-28-49(42)59-51/h1-35H. The maximum Gasteiger partial charge on any atom is 0.228 e. The van der Waals surface area contributed by atoms with Crippen molar-refractivity contribution in [2.45, 2.75) is 0 Å². The van der Waals surface area contributed by atoms with Crippen molar-refractivity contribution in [1.82, 2.24) is 4.98 Å². The fourth-order valence-corrected chi connectivity index (χ4v) is 8.76. The molecule has 6 heteroatoms. The monoisotopic (exact) mass is 785 g/mol. The predicted molar refractivity (Wildman–Crippen MR) is 249 cm³/mol. The lowest BCUT2D eigenvalue weighted by Crippen LogP contribution is -2.14. The second kappa shape index (κ2) is 14.2. The van der Waals surface area contributed by atoms with E-state index in [1.165, 1.54) is 0 Å². The number of aromatic nitrogens is 1. The summed E-state index contributed by atoms with van der Waals surface area (Å²) in [4.78, 5) is 9.95. The van der Waals surface area contributed by atoms with Crippen LogP contribution in [0.2, 0.25) is 0 Å². The molecule has 288 valence electrons. The molecule has 0 unspecified atom stereocenters. The van der Waals surface area contributed by atoms with Crippen LogP contribution in [0.15, 0.2) is 226 Å². The van der Waals surface area contributed by atoms with Crippen molar-refractivity contribution >= 4 is 89.1 Å². The Hall–Kier alpha value is -8.35. The zero-order valence-corrected chi connectivity index (χ0v) is 32.8. The summed E-state index contributed by atoms with van der Waals surface area (Å²) in [5.74, 6) is 0.507. The van der Waals surface area contributed by atoms with Crippen molar-refractivity contribution in [3.05, 3.63) is 212 Å². The number of furan rings is 2. The normalized spacial score (nSPS) is 11.6. The van der Waals surface area contributed by atoms with E-state index in [1.54, 1.807) is 0 Å². The van der Waals surface area contributed by atoms with E-state index in [0.29, 0.717) is 17.0 Å². The minimum absolute atomic E-state index is 0.507. The molecular formula is C55H35N3O3. The van der Waals surface area contributed by atoms with E-state index >= 15 is 0 Å². The van der Waals surface area contributed by atoms with E-state index in [2.05, 4.69) is 168 Å². The van der Waals surface area contributed by atoms with Crippen molar-refractivity contribution in [2.24, 2.45) is 0 Å². The average Bonchev–Trinajstić information content (AvgIpc) is 4.04. The fraction of sp³-hybridized carbons (Fsp3) is 0. The van der Waals surface area contributed by atoms with Gasteiger partial charge in [0.2, 0.25) is 5.89 Å². The highest BCUT2D eigenvalue weighted by Crippen LogP contribution is 2.49. The third kappa shape index (κ3) is 5.84. The summed E-state index contributed by atoms with van der Waals surface area (Å²) in [6.45, 7) is 0. The summed E-state index contributed by atoms with van der Waals surface area (Å²) in [5, 5.41) is 4.09. The third-order valence-electron chi connectivity index (χ3n) is 11.5. The summed E-state index contributed by atoms with van der Waals surface area (Å²) in [6.07, 6.45) is 0. The summed E-state index contributed by atoms with van der Waals surface area (Å²) in [5.41, 5.74) is 13.4. The van der Waals surface area contributed by atoms with E-state index in [0.717, 1.165) is 94.7 Å². The van der Waals surface area contributed by atoms with Crippen LogP contribution in [-0.2, 0) is 0 Å². The Balaban J connectivity index is 1.16. The van der Waals surface area contributed by atoms with E-state index < -0.39 is 0 Å². The molecule has 0 fully saturated rings. The quantitative estimate of drug-likeness (QED) is 0.153. The highest BCUT2D eigenvalue weighted by atomic mass is 16.4. The molecule has 0 spiro atoms. The lowest BCUT2D eigenvalue weighted by atomic mass is 10.0. The molecule has 0 aliphatic heterocycles. The molecule has 0 aliphatic rings. The van der Waals surface area contributed by atoms with Gasteiger partial charge in [0.1, 0.15) is 27.8 Å². The van der Waals surface area contributed by atoms with Gasteiger partial charge in [-0.25, -0.2) is 4.98 Å². The van der Waals surface area contributed by atoms with Gasteiger partial charge in [-0.2, -0.15) is 0 Å². The Labute approximate surface area is 350 Å². The van der Waals surface area contributed by atoms with Crippen LogP contribution < -0.4 is 9.80 Å². The van der Waals surface area contributed by atoms with Gasteiger partial charge < -0.3 is 23.1 Å². The second-order valence-corrected chi connectivity index (χ2v) is 15.1. The molecule has 12 aromatic rings. The number of hydrogen-bond acceptors (Lipinski definition) is 6. The van der Waals surface area contributed by atoms with Gasteiger partial charge in [-0.3, -0.25) is 0 Å².